The van der Waals surface area contributed by atoms with Gasteiger partial charge in [0.2, 0.25) is 0 Å². The van der Waals surface area contributed by atoms with Crippen LogP contribution in [-0.4, -0.2) is 24.6 Å². The molecule has 0 spiro atoms. The number of rotatable bonds is 7. The standard InChI is InChI=1S/C26H19ClFN3O3S2/c1-36(32,33)20-7-3-5-17(11-20)24-13-21-25(29-15-30-26(21)35-24)31-19-8-9-23(22(27)12-19)34-14-16-4-2-6-18(28)10-16/h2-13,15H,14H2,1H3,(H,29,30,31). The van der Waals surface area contributed by atoms with Gasteiger partial charge in [0, 0.05) is 16.8 Å². The lowest BCUT2D eigenvalue weighted by Gasteiger charge is -2.11. The Bertz CT molecular complexity index is 1690. The van der Waals surface area contributed by atoms with Gasteiger partial charge in [0.05, 0.1) is 15.3 Å². The lowest BCUT2D eigenvalue weighted by molar-refractivity contribution is 0.306. The van der Waals surface area contributed by atoms with E-state index in [1.54, 1.807) is 42.5 Å². The normalized spacial score (nSPS) is 11.5. The van der Waals surface area contributed by atoms with Gasteiger partial charge in [-0.3, -0.25) is 0 Å². The van der Waals surface area contributed by atoms with Crippen molar-refractivity contribution in [3.8, 4) is 16.2 Å². The molecule has 0 saturated heterocycles. The Hall–Kier alpha value is -3.53. The Kier molecular flexibility index (Phi) is 6.61. The minimum Gasteiger partial charge on any atom is -0.487 e. The summed E-state index contributed by atoms with van der Waals surface area (Å²) in [6.07, 6.45) is 2.66. The van der Waals surface area contributed by atoms with Crippen molar-refractivity contribution in [2.45, 2.75) is 11.5 Å². The molecule has 2 aromatic heterocycles. The van der Waals surface area contributed by atoms with Crippen LogP contribution in [0.15, 0.2) is 84.0 Å². The third kappa shape index (κ3) is 5.33. The lowest BCUT2D eigenvalue weighted by atomic mass is 10.2. The largest absolute Gasteiger partial charge is 0.487 e. The maximum absolute atomic E-state index is 13.4. The quantitative estimate of drug-likeness (QED) is 0.243. The van der Waals surface area contributed by atoms with Crippen molar-refractivity contribution >= 4 is 54.5 Å². The van der Waals surface area contributed by atoms with E-state index in [9.17, 15) is 12.8 Å². The Balaban J connectivity index is 1.38. The average Bonchev–Trinajstić information content (AvgIpc) is 3.29. The second kappa shape index (κ2) is 9.85. The molecule has 0 aliphatic heterocycles. The van der Waals surface area contributed by atoms with Crippen molar-refractivity contribution in [2.75, 3.05) is 11.6 Å². The molecule has 0 aliphatic carbocycles. The summed E-state index contributed by atoms with van der Waals surface area (Å²) in [5, 5.41) is 4.46. The molecular weight excluding hydrogens is 521 g/mol. The fourth-order valence-electron chi connectivity index (χ4n) is 3.60. The van der Waals surface area contributed by atoms with Crippen LogP contribution in [0, 0.1) is 5.82 Å². The van der Waals surface area contributed by atoms with E-state index in [1.807, 2.05) is 18.2 Å². The Labute approximate surface area is 216 Å². The number of benzene rings is 3. The number of sulfone groups is 1. The minimum atomic E-state index is -3.32. The molecule has 0 aliphatic rings. The average molecular weight is 540 g/mol. The topological polar surface area (TPSA) is 81.2 Å². The van der Waals surface area contributed by atoms with Gasteiger partial charge in [-0.2, -0.15) is 0 Å². The van der Waals surface area contributed by atoms with E-state index in [0.29, 0.717) is 27.8 Å². The van der Waals surface area contributed by atoms with Gasteiger partial charge in [0.1, 0.15) is 35.1 Å². The van der Waals surface area contributed by atoms with Crippen molar-refractivity contribution < 1.29 is 17.5 Å². The fourth-order valence-corrected chi connectivity index (χ4v) is 5.49. The number of aromatic nitrogens is 2. The summed E-state index contributed by atoms with van der Waals surface area (Å²) in [6.45, 7) is 0.189. The highest BCUT2D eigenvalue weighted by Gasteiger charge is 2.14. The molecule has 3 aromatic carbocycles. The highest BCUT2D eigenvalue weighted by molar-refractivity contribution is 7.90. The fraction of sp³-hybridized carbons (Fsp3) is 0.0769. The molecule has 0 fully saturated rings. The summed E-state index contributed by atoms with van der Waals surface area (Å²) in [7, 11) is -3.32. The monoisotopic (exact) mass is 539 g/mol. The van der Waals surface area contributed by atoms with E-state index in [4.69, 9.17) is 16.3 Å². The smallest absolute Gasteiger partial charge is 0.175 e. The van der Waals surface area contributed by atoms with Crippen LogP contribution in [0.4, 0.5) is 15.9 Å². The van der Waals surface area contributed by atoms with E-state index in [0.717, 1.165) is 20.7 Å². The minimum absolute atomic E-state index is 0.189. The summed E-state index contributed by atoms with van der Waals surface area (Å²) >= 11 is 7.88. The van der Waals surface area contributed by atoms with Gasteiger partial charge in [-0.05, 0) is 59.7 Å². The lowest BCUT2D eigenvalue weighted by Crippen LogP contribution is -1.98. The van der Waals surface area contributed by atoms with Gasteiger partial charge in [0.15, 0.2) is 9.84 Å². The second-order valence-corrected chi connectivity index (χ2v) is 11.5. The first-order valence-electron chi connectivity index (χ1n) is 10.8. The Morgan fingerprint density at radius 1 is 1.03 bits per heavy atom. The van der Waals surface area contributed by atoms with Crippen molar-refractivity contribution in [1.29, 1.82) is 0 Å². The number of fused-ring (bicyclic) bond motifs is 1. The molecule has 0 unspecified atom stereocenters. The molecular formula is C26H19ClFN3O3S2. The first kappa shape index (κ1) is 24.2. The molecule has 5 rings (SSSR count). The SMILES string of the molecule is CS(=O)(=O)c1cccc(-c2cc3c(Nc4ccc(OCc5cccc(F)c5)c(Cl)c4)ncnc3s2)c1. The molecule has 10 heteroatoms. The molecule has 6 nitrogen and oxygen atoms in total. The second-order valence-electron chi connectivity index (χ2n) is 8.04. The van der Waals surface area contributed by atoms with Gasteiger partial charge in [-0.25, -0.2) is 22.8 Å². The van der Waals surface area contributed by atoms with E-state index >= 15 is 0 Å². The van der Waals surface area contributed by atoms with Crippen LogP contribution in [0.3, 0.4) is 0 Å². The van der Waals surface area contributed by atoms with E-state index in [1.165, 1.54) is 36.1 Å². The zero-order valence-electron chi connectivity index (χ0n) is 18.9. The highest BCUT2D eigenvalue weighted by atomic mass is 35.5. The molecule has 0 bridgehead atoms. The predicted octanol–water partition coefficient (Wildman–Crippen LogP) is 6.88. The first-order chi connectivity index (χ1) is 17.3. The molecule has 0 saturated carbocycles. The van der Waals surface area contributed by atoms with Crippen LogP contribution in [0.25, 0.3) is 20.7 Å². The molecule has 5 aromatic rings. The third-order valence-corrected chi connectivity index (χ3v) is 7.85. The first-order valence-corrected chi connectivity index (χ1v) is 13.8. The van der Waals surface area contributed by atoms with Crippen molar-refractivity contribution in [2.24, 2.45) is 0 Å². The van der Waals surface area contributed by atoms with E-state index < -0.39 is 9.84 Å². The summed E-state index contributed by atoms with van der Waals surface area (Å²) < 4.78 is 43.0. The number of hydrogen-bond donors (Lipinski definition) is 1. The van der Waals surface area contributed by atoms with Gasteiger partial charge in [-0.1, -0.05) is 35.9 Å². The predicted molar refractivity (Wildman–Crippen MR) is 141 cm³/mol. The number of nitrogens with zero attached hydrogens (tertiary/aromatic N) is 2. The van der Waals surface area contributed by atoms with Crippen LogP contribution in [0.2, 0.25) is 5.02 Å². The molecule has 0 amide bonds. The van der Waals surface area contributed by atoms with E-state index in [-0.39, 0.29) is 17.3 Å². The van der Waals surface area contributed by atoms with Gasteiger partial charge in [0.25, 0.3) is 0 Å². The summed E-state index contributed by atoms with van der Waals surface area (Å²) in [4.78, 5) is 10.6. The Morgan fingerprint density at radius 3 is 2.64 bits per heavy atom. The number of ether oxygens (including phenoxy) is 1. The zero-order valence-corrected chi connectivity index (χ0v) is 21.3. The van der Waals surface area contributed by atoms with Gasteiger partial charge >= 0.3 is 0 Å². The molecule has 36 heavy (non-hydrogen) atoms. The van der Waals surface area contributed by atoms with Crippen LogP contribution in [0.5, 0.6) is 5.75 Å². The maximum atomic E-state index is 13.4. The van der Waals surface area contributed by atoms with Crippen molar-refractivity contribution in [1.82, 2.24) is 9.97 Å². The Morgan fingerprint density at radius 2 is 1.86 bits per heavy atom. The molecule has 0 atom stereocenters. The summed E-state index contributed by atoms with van der Waals surface area (Å²) in [5.74, 6) is 0.742. The molecule has 182 valence electrons. The number of halogens is 2. The van der Waals surface area contributed by atoms with Gasteiger partial charge in [-0.15, -0.1) is 11.3 Å². The number of thiophene rings is 1. The van der Waals surface area contributed by atoms with Crippen LogP contribution < -0.4 is 10.1 Å². The van der Waals surface area contributed by atoms with Crippen molar-refractivity contribution in [3.05, 3.63) is 95.5 Å². The van der Waals surface area contributed by atoms with Crippen LogP contribution in [-0.2, 0) is 16.4 Å². The molecule has 2 heterocycles. The molecule has 0 radical (unpaired) electrons. The number of anilines is 2. The molecule has 1 N–H and O–H groups in total. The third-order valence-electron chi connectivity index (χ3n) is 5.35. The zero-order chi connectivity index (χ0) is 25.3. The van der Waals surface area contributed by atoms with Gasteiger partial charge < -0.3 is 10.1 Å². The number of hydrogen-bond acceptors (Lipinski definition) is 7. The summed E-state index contributed by atoms with van der Waals surface area (Å²) in [5.41, 5.74) is 2.19. The maximum Gasteiger partial charge on any atom is 0.175 e. The summed E-state index contributed by atoms with van der Waals surface area (Å²) in [6, 6.07) is 20.2. The van der Waals surface area contributed by atoms with Crippen LogP contribution in [0.1, 0.15) is 5.56 Å². The van der Waals surface area contributed by atoms with Crippen LogP contribution >= 0.6 is 22.9 Å². The van der Waals surface area contributed by atoms with E-state index in [2.05, 4.69) is 15.3 Å². The number of nitrogens with one attached hydrogen (secondary N) is 1. The van der Waals surface area contributed by atoms with Crippen molar-refractivity contribution in [3.63, 3.8) is 0 Å². The highest BCUT2D eigenvalue weighted by Crippen LogP contribution is 2.37.